The van der Waals surface area contributed by atoms with Gasteiger partial charge in [-0.1, -0.05) is 0 Å². The fraction of sp³-hybridized carbons (Fsp3) is 0.0833. The van der Waals surface area contributed by atoms with Crippen molar-refractivity contribution >= 4 is 23.3 Å². The number of aldehydes is 1. The lowest BCUT2D eigenvalue weighted by atomic mass is 10.1. The molecule has 1 aromatic heterocycles. The molecule has 0 saturated carbocycles. The zero-order valence-corrected chi connectivity index (χ0v) is 8.36. The summed E-state index contributed by atoms with van der Waals surface area (Å²) in [5, 5.41) is 1.08. The second kappa shape index (κ2) is 4.00. The highest BCUT2D eigenvalue weighted by molar-refractivity contribution is 5.91. The van der Waals surface area contributed by atoms with Crippen LogP contribution in [0.1, 0.15) is 5.56 Å². The molecule has 2 aromatic rings. The van der Waals surface area contributed by atoms with Crippen molar-refractivity contribution in [2.45, 2.75) is 0 Å². The third-order valence-electron chi connectivity index (χ3n) is 2.28. The number of fused-ring (bicyclic) bond motifs is 1. The molecule has 1 N–H and O–H groups in total. The van der Waals surface area contributed by atoms with E-state index in [1.807, 2.05) is 24.4 Å². The molecule has 1 heterocycles. The van der Waals surface area contributed by atoms with Crippen LogP contribution in [0.2, 0.25) is 0 Å². The number of H-pyrrole nitrogens is 1. The van der Waals surface area contributed by atoms with Crippen molar-refractivity contribution in [3.63, 3.8) is 0 Å². The molecule has 0 aliphatic carbocycles. The number of carbonyl (C=O) groups is 1. The fourth-order valence-corrected chi connectivity index (χ4v) is 1.54. The van der Waals surface area contributed by atoms with E-state index in [9.17, 15) is 4.79 Å². The maximum Gasteiger partial charge on any atom is 0.142 e. The Morgan fingerprint density at radius 3 is 3.00 bits per heavy atom. The van der Waals surface area contributed by atoms with Crippen LogP contribution in [0.3, 0.4) is 0 Å². The monoisotopic (exact) mass is 201 g/mol. The number of carbonyl (C=O) groups excluding carboxylic acids is 1. The number of aromatic nitrogens is 1. The molecule has 1 aromatic carbocycles. The summed E-state index contributed by atoms with van der Waals surface area (Å²) in [5.41, 5.74) is 2.00. The molecule has 0 aliphatic heterocycles. The van der Waals surface area contributed by atoms with Crippen LogP contribution < -0.4 is 4.74 Å². The molecule has 0 amide bonds. The van der Waals surface area contributed by atoms with E-state index in [-0.39, 0.29) is 0 Å². The first-order valence-electron chi connectivity index (χ1n) is 4.62. The van der Waals surface area contributed by atoms with Crippen molar-refractivity contribution in [2.75, 3.05) is 7.11 Å². The van der Waals surface area contributed by atoms with Crippen molar-refractivity contribution in [1.82, 2.24) is 4.98 Å². The Bertz CT molecular complexity index is 511. The summed E-state index contributed by atoms with van der Waals surface area (Å²) in [6, 6.07) is 5.79. The predicted molar refractivity (Wildman–Crippen MR) is 59.9 cm³/mol. The molecule has 0 saturated heterocycles. The number of hydrogen-bond acceptors (Lipinski definition) is 2. The number of ether oxygens (including phenoxy) is 1. The van der Waals surface area contributed by atoms with Gasteiger partial charge in [-0.2, -0.15) is 0 Å². The van der Waals surface area contributed by atoms with Crippen molar-refractivity contribution < 1.29 is 9.53 Å². The number of allylic oxidation sites excluding steroid dienone is 1. The Labute approximate surface area is 87.4 Å². The quantitative estimate of drug-likeness (QED) is 0.612. The highest BCUT2D eigenvalue weighted by Gasteiger charge is 2.01. The largest absolute Gasteiger partial charge is 0.497 e. The van der Waals surface area contributed by atoms with Gasteiger partial charge in [0.25, 0.3) is 0 Å². The van der Waals surface area contributed by atoms with E-state index in [1.165, 1.54) is 6.08 Å². The minimum Gasteiger partial charge on any atom is -0.497 e. The molecule has 0 atom stereocenters. The van der Waals surface area contributed by atoms with Gasteiger partial charge in [0.2, 0.25) is 0 Å². The first kappa shape index (κ1) is 9.52. The van der Waals surface area contributed by atoms with Gasteiger partial charge < -0.3 is 9.72 Å². The summed E-state index contributed by atoms with van der Waals surface area (Å²) in [6.07, 6.45) is 5.89. The average molecular weight is 201 g/mol. The van der Waals surface area contributed by atoms with Crippen LogP contribution in [0.4, 0.5) is 0 Å². The minimum absolute atomic E-state index is 0.766. The number of benzene rings is 1. The molecule has 0 unspecified atom stereocenters. The average Bonchev–Trinajstić information content (AvgIpc) is 2.68. The van der Waals surface area contributed by atoms with Gasteiger partial charge in [-0.05, 0) is 29.8 Å². The van der Waals surface area contributed by atoms with Crippen LogP contribution in [0.5, 0.6) is 5.75 Å². The van der Waals surface area contributed by atoms with E-state index in [4.69, 9.17) is 4.74 Å². The summed E-state index contributed by atoms with van der Waals surface area (Å²) in [6.45, 7) is 0. The molecule has 2 rings (SSSR count). The number of methoxy groups -OCH3 is 1. The van der Waals surface area contributed by atoms with Gasteiger partial charge in [0.05, 0.1) is 7.11 Å². The van der Waals surface area contributed by atoms with Crippen molar-refractivity contribution in [3.05, 3.63) is 36.0 Å². The van der Waals surface area contributed by atoms with Crippen molar-refractivity contribution in [1.29, 1.82) is 0 Å². The van der Waals surface area contributed by atoms with Crippen LogP contribution in [-0.2, 0) is 4.79 Å². The molecule has 76 valence electrons. The molecule has 0 aliphatic rings. The van der Waals surface area contributed by atoms with Gasteiger partial charge in [-0.25, -0.2) is 0 Å². The Morgan fingerprint density at radius 2 is 2.27 bits per heavy atom. The van der Waals surface area contributed by atoms with Gasteiger partial charge >= 0.3 is 0 Å². The molecular formula is C12H11NO2. The lowest BCUT2D eigenvalue weighted by Crippen LogP contribution is -1.81. The van der Waals surface area contributed by atoms with E-state index < -0.39 is 0 Å². The lowest BCUT2D eigenvalue weighted by Gasteiger charge is -1.98. The third kappa shape index (κ3) is 1.76. The van der Waals surface area contributed by atoms with Crippen LogP contribution in [0.15, 0.2) is 30.5 Å². The highest BCUT2D eigenvalue weighted by Crippen LogP contribution is 2.23. The van der Waals surface area contributed by atoms with Crippen molar-refractivity contribution in [2.24, 2.45) is 0 Å². The van der Waals surface area contributed by atoms with Crippen molar-refractivity contribution in [3.8, 4) is 5.75 Å². The second-order valence-electron chi connectivity index (χ2n) is 3.15. The predicted octanol–water partition coefficient (Wildman–Crippen LogP) is 2.39. The maximum absolute atomic E-state index is 10.2. The first-order chi connectivity index (χ1) is 7.35. The molecule has 15 heavy (non-hydrogen) atoms. The van der Waals surface area contributed by atoms with Gasteiger partial charge in [0.15, 0.2) is 0 Å². The Kier molecular flexibility index (Phi) is 2.54. The lowest BCUT2D eigenvalue weighted by molar-refractivity contribution is -0.104. The minimum atomic E-state index is 0.766. The van der Waals surface area contributed by atoms with E-state index in [0.29, 0.717) is 0 Å². The van der Waals surface area contributed by atoms with Crippen LogP contribution >= 0.6 is 0 Å². The first-order valence-corrected chi connectivity index (χ1v) is 4.62. The number of aromatic amines is 1. The SMILES string of the molecule is COc1ccc2c(C=CC=O)c[nH]c2c1. The zero-order chi connectivity index (χ0) is 10.7. The number of hydrogen-bond donors (Lipinski definition) is 1. The van der Waals surface area contributed by atoms with Gasteiger partial charge in [0, 0.05) is 23.2 Å². The summed E-state index contributed by atoms with van der Waals surface area (Å²) in [5.74, 6) is 0.815. The topological polar surface area (TPSA) is 42.1 Å². The van der Waals surface area contributed by atoms with E-state index >= 15 is 0 Å². The summed E-state index contributed by atoms with van der Waals surface area (Å²) in [7, 11) is 1.64. The molecule has 3 nitrogen and oxygen atoms in total. The number of nitrogens with one attached hydrogen (secondary N) is 1. The van der Waals surface area contributed by atoms with Crippen LogP contribution in [0.25, 0.3) is 17.0 Å². The van der Waals surface area contributed by atoms with Crippen LogP contribution in [0, 0.1) is 0 Å². The van der Waals surface area contributed by atoms with Crippen LogP contribution in [-0.4, -0.2) is 18.4 Å². The molecule has 0 bridgehead atoms. The summed E-state index contributed by atoms with van der Waals surface area (Å²) < 4.78 is 5.12. The second-order valence-corrected chi connectivity index (χ2v) is 3.15. The summed E-state index contributed by atoms with van der Waals surface area (Å²) in [4.78, 5) is 13.3. The van der Waals surface area contributed by atoms with E-state index in [2.05, 4.69) is 4.98 Å². The maximum atomic E-state index is 10.2. The fourth-order valence-electron chi connectivity index (χ4n) is 1.54. The normalized spacial score (nSPS) is 11.0. The zero-order valence-electron chi connectivity index (χ0n) is 8.36. The standard InChI is InChI=1S/C12H11NO2/c1-15-10-4-5-11-9(3-2-6-14)8-13-12(11)7-10/h2-8,13H,1H3. The number of rotatable bonds is 3. The molecule has 0 fully saturated rings. The molecule has 3 heteroatoms. The molecular weight excluding hydrogens is 190 g/mol. The van der Waals surface area contributed by atoms with Gasteiger partial charge in [-0.15, -0.1) is 0 Å². The highest BCUT2D eigenvalue weighted by atomic mass is 16.5. The van der Waals surface area contributed by atoms with E-state index in [1.54, 1.807) is 13.2 Å². The Balaban J connectivity index is 2.51. The Hall–Kier alpha value is -2.03. The smallest absolute Gasteiger partial charge is 0.142 e. The van der Waals surface area contributed by atoms with Gasteiger partial charge in [0.1, 0.15) is 12.0 Å². The molecule has 0 radical (unpaired) electrons. The third-order valence-corrected chi connectivity index (χ3v) is 2.28. The van der Waals surface area contributed by atoms with Gasteiger partial charge in [-0.3, -0.25) is 4.79 Å². The summed E-state index contributed by atoms with van der Waals surface area (Å²) >= 11 is 0. The van der Waals surface area contributed by atoms with E-state index in [0.717, 1.165) is 28.5 Å². The molecule has 0 spiro atoms. The Morgan fingerprint density at radius 1 is 1.40 bits per heavy atom.